The summed E-state index contributed by atoms with van der Waals surface area (Å²) in [5.74, 6) is 0.956. The summed E-state index contributed by atoms with van der Waals surface area (Å²) >= 11 is 0. The van der Waals surface area contributed by atoms with Gasteiger partial charge in [-0.25, -0.2) is 0 Å². The molecule has 2 aliphatic carbocycles. The van der Waals surface area contributed by atoms with Crippen LogP contribution in [0.5, 0.6) is 0 Å². The molecule has 2 aliphatic rings. The predicted octanol–water partition coefficient (Wildman–Crippen LogP) is 2.01. The monoisotopic (exact) mass is 211 g/mol. The zero-order valence-electron chi connectivity index (χ0n) is 9.24. The summed E-state index contributed by atoms with van der Waals surface area (Å²) in [6.07, 6.45) is 7.55. The molecule has 3 nitrogen and oxygen atoms in total. The van der Waals surface area contributed by atoms with Gasteiger partial charge in [-0.1, -0.05) is 19.3 Å². The number of carboxylic acid groups (broad SMARTS) is 1. The molecular formula is C12H21NO2. The summed E-state index contributed by atoms with van der Waals surface area (Å²) in [5, 5.41) is 8.95. The molecule has 0 aromatic carbocycles. The second kappa shape index (κ2) is 4.12. The highest BCUT2D eigenvalue weighted by Crippen LogP contribution is 2.50. The van der Waals surface area contributed by atoms with Crippen molar-refractivity contribution in [3.8, 4) is 0 Å². The summed E-state index contributed by atoms with van der Waals surface area (Å²) in [5.41, 5.74) is 5.72. The standard InChI is InChI=1S/C12H21NO2/c13-8-12(7-11(14)15)5-4-9-2-1-3-10(9)6-12/h9-10H,1-8,13H2,(H,14,15)/t9?,10-,12+/m1/s1. The van der Waals surface area contributed by atoms with Crippen molar-refractivity contribution in [2.75, 3.05) is 6.54 Å². The third-order valence-corrected chi connectivity index (χ3v) is 4.52. The first-order valence-electron chi connectivity index (χ1n) is 6.07. The van der Waals surface area contributed by atoms with Gasteiger partial charge >= 0.3 is 5.97 Å². The van der Waals surface area contributed by atoms with Gasteiger partial charge in [-0.2, -0.15) is 0 Å². The number of rotatable bonds is 3. The Balaban J connectivity index is 2.04. The SMILES string of the molecule is NC[C@@]1(CC(=O)O)CCC2CCC[C@@H]2C1. The number of carbonyl (C=O) groups is 1. The molecule has 0 aromatic rings. The quantitative estimate of drug-likeness (QED) is 0.750. The molecule has 0 aromatic heterocycles. The van der Waals surface area contributed by atoms with E-state index in [0.29, 0.717) is 6.54 Å². The molecule has 3 N–H and O–H groups in total. The molecule has 2 fully saturated rings. The average Bonchev–Trinajstić information content (AvgIpc) is 2.63. The lowest BCUT2D eigenvalue weighted by atomic mass is 9.65. The first kappa shape index (κ1) is 10.9. The highest BCUT2D eigenvalue weighted by atomic mass is 16.4. The van der Waals surface area contributed by atoms with Crippen LogP contribution in [0.15, 0.2) is 0 Å². The van der Waals surface area contributed by atoms with Gasteiger partial charge in [0.1, 0.15) is 0 Å². The number of fused-ring (bicyclic) bond motifs is 1. The van der Waals surface area contributed by atoms with Gasteiger partial charge in [-0.15, -0.1) is 0 Å². The molecule has 0 bridgehead atoms. The van der Waals surface area contributed by atoms with E-state index in [9.17, 15) is 4.79 Å². The molecule has 0 amide bonds. The Hall–Kier alpha value is -0.570. The van der Waals surface area contributed by atoms with Gasteiger partial charge in [-0.05, 0) is 43.1 Å². The second-order valence-corrected chi connectivity index (χ2v) is 5.47. The van der Waals surface area contributed by atoms with Crippen LogP contribution >= 0.6 is 0 Å². The average molecular weight is 211 g/mol. The number of nitrogens with two attached hydrogens (primary N) is 1. The summed E-state index contributed by atoms with van der Waals surface area (Å²) in [6, 6.07) is 0. The first-order chi connectivity index (χ1) is 7.15. The molecule has 15 heavy (non-hydrogen) atoms. The highest BCUT2D eigenvalue weighted by Gasteiger charge is 2.42. The number of carboxylic acids is 1. The minimum Gasteiger partial charge on any atom is -0.481 e. The Morgan fingerprint density at radius 2 is 2.07 bits per heavy atom. The fraction of sp³-hybridized carbons (Fsp3) is 0.917. The van der Waals surface area contributed by atoms with Crippen LogP contribution in [0.3, 0.4) is 0 Å². The van der Waals surface area contributed by atoms with Gasteiger partial charge in [0.25, 0.3) is 0 Å². The molecule has 86 valence electrons. The zero-order valence-corrected chi connectivity index (χ0v) is 9.24. The lowest BCUT2D eigenvalue weighted by Crippen LogP contribution is -2.39. The second-order valence-electron chi connectivity index (χ2n) is 5.47. The highest BCUT2D eigenvalue weighted by molar-refractivity contribution is 5.67. The van der Waals surface area contributed by atoms with E-state index < -0.39 is 5.97 Å². The molecule has 0 heterocycles. The van der Waals surface area contributed by atoms with Crippen LogP contribution in [0, 0.1) is 17.3 Å². The van der Waals surface area contributed by atoms with Crippen LogP contribution < -0.4 is 5.73 Å². The molecule has 2 rings (SSSR count). The Labute approximate surface area is 91.0 Å². The van der Waals surface area contributed by atoms with E-state index in [2.05, 4.69) is 0 Å². The summed E-state index contributed by atoms with van der Waals surface area (Å²) in [4.78, 5) is 10.9. The fourth-order valence-corrected chi connectivity index (χ4v) is 3.65. The lowest BCUT2D eigenvalue weighted by molar-refractivity contribution is -0.140. The maximum absolute atomic E-state index is 10.9. The van der Waals surface area contributed by atoms with Crippen LogP contribution in [-0.4, -0.2) is 17.6 Å². The Bertz CT molecular complexity index is 254. The maximum atomic E-state index is 10.9. The largest absolute Gasteiger partial charge is 0.481 e. The van der Waals surface area contributed by atoms with Crippen molar-refractivity contribution in [3.63, 3.8) is 0 Å². The van der Waals surface area contributed by atoms with Crippen molar-refractivity contribution in [1.82, 2.24) is 0 Å². The molecule has 0 spiro atoms. The summed E-state index contributed by atoms with van der Waals surface area (Å²) in [6.45, 7) is 0.544. The normalized spacial score (nSPS) is 40.1. The number of hydrogen-bond donors (Lipinski definition) is 2. The Morgan fingerprint density at radius 1 is 1.33 bits per heavy atom. The van der Waals surface area contributed by atoms with Gasteiger partial charge in [0.15, 0.2) is 0 Å². The van der Waals surface area contributed by atoms with Gasteiger partial charge in [0.2, 0.25) is 0 Å². The van der Waals surface area contributed by atoms with E-state index >= 15 is 0 Å². The van der Waals surface area contributed by atoms with Gasteiger partial charge in [0.05, 0.1) is 6.42 Å². The van der Waals surface area contributed by atoms with Crippen molar-refractivity contribution >= 4 is 5.97 Å². The van der Waals surface area contributed by atoms with E-state index in [1.54, 1.807) is 0 Å². The molecule has 0 aliphatic heterocycles. The minimum atomic E-state index is -0.683. The third-order valence-electron chi connectivity index (χ3n) is 4.52. The molecule has 0 saturated heterocycles. The molecular weight excluding hydrogens is 190 g/mol. The van der Waals surface area contributed by atoms with E-state index in [1.807, 2.05) is 0 Å². The Morgan fingerprint density at radius 3 is 2.73 bits per heavy atom. The zero-order chi connectivity index (χ0) is 10.9. The third kappa shape index (κ3) is 2.17. The Kier molecular flexibility index (Phi) is 3.01. The predicted molar refractivity (Wildman–Crippen MR) is 58.4 cm³/mol. The van der Waals surface area contributed by atoms with Crippen LogP contribution in [0.1, 0.15) is 44.9 Å². The van der Waals surface area contributed by atoms with E-state index in [-0.39, 0.29) is 11.8 Å². The van der Waals surface area contributed by atoms with Gasteiger partial charge in [0, 0.05) is 0 Å². The molecule has 3 atom stereocenters. The van der Waals surface area contributed by atoms with Crippen LogP contribution in [-0.2, 0) is 4.79 Å². The number of hydrogen-bond acceptors (Lipinski definition) is 2. The fourth-order valence-electron chi connectivity index (χ4n) is 3.65. The summed E-state index contributed by atoms with van der Waals surface area (Å²) < 4.78 is 0. The van der Waals surface area contributed by atoms with E-state index in [1.165, 1.54) is 25.7 Å². The minimum absolute atomic E-state index is 0.0860. The van der Waals surface area contributed by atoms with Crippen molar-refractivity contribution in [1.29, 1.82) is 0 Å². The maximum Gasteiger partial charge on any atom is 0.303 e. The molecule has 3 heteroatoms. The lowest BCUT2D eigenvalue weighted by Gasteiger charge is -2.41. The molecule has 1 unspecified atom stereocenters. The molecule has 0 radical (unpaired) electrons. The molecule has 2 saturated carbocycles. The van der Waals surface area contributed by atoms with Gasteiger partial charge in [-0.3, -0.25) is 4.79 Å². The number of aliphatic carboxylic acids is 1. The van der Waals surface area contributed by atoms with Crippen molar-refractivity contribution in [2.24, 2.45) is 23.0 Å². The van der Waals surface area contributed by atoms with Gasteiger partial charge < -0.3 is 10.8 Å². The first-order valence-corrected chi connectivity index (χ1v) is 6.07. The topological polar surface area (TPSA) is 63.3 Å². The van der Waals surface area contributed by atoms with Crippen LogP contribution in [0.4, 0.5) is 0 Å². The van der Waals surface area contributed by atoms with Crippen molar-refractivity contribution in [2.45, 2.75) is 44.9 Å². The van der Waals surface area contributed by atoms with E-state index in [0.717, 1.165) is 24.7 Å². The van der Waals surface area contributed by atoms with E-state index in [4.69, 9.17) is 10.8 Å². The van der Waals surface area contributed by atoms with Crippen LogP contribution in [0.2, 0.25) is 0 Å². The smallest absolute Gasteiger partial charge is 0.303 e. The van der Waals surface area contributed by atoms with Crippen molar-refractivity contribution < 1.29 is 9.90 Å². The summed E-state index contributed by atoms with van der Waals surface area (Å²) in [7, 11) is 0. The van der Waals surface area contributed by atoms with Crippen LogP contribution in [0.25, 0.3) is 0 Å². The van der Waals surface area contributed by atoms with Crippen molar-refractivity contribution in [3.05, 3.63) is 0 Å².